The first-order valence-electron chi connectivity index (χ1n) is 7.98. The van der Waals surface area contributed by atoms with Crippen LogP contribution in [0, 0.1) is 0 Å². The van der Waals surface area contributed by atoms with Gasteiger partial charge in [-0.05, 0) is 39.7 Å². The van der Waals surface area contributed by atoms with Crippen LogP contribution in [0.15, 0.2) is 24.3 Å². The normalized spacial score (nSPS) is 18.9. The van der Waals surface area contributed by atoms with Crippen LogP contribution in [0.5, 0.6) is 5.75 Å². The van der Waals surface area contributed by atoms with Crippen molar-refractivity contribution < 1.29 is 9.47 Å². The van der Waals surface area contributed by atoms with Crippen LogP contribution in [-0.4, -0.2) is 18.3 Å². The van der Waals surface area contributed by atoms with E-state index in [9.17, 15) is 0 Å². The molecule has 1 aliphatic carbocycles. The number of benzene rings is 1. The Labute approximate surface area is 128 Å². The number of ether oxygens (including phenoxy) is 2. The lowest BCUT2D eigenvalue weighted by Gasteiger charge is -2.38. The molecule has 1 unspecified atom stereocenters. The van der Waals surface area contributed by atoms with Crippen molar-refractivity contribution in [2.75, 3.05) is 6.61 Å². The van der Waals surface area contributed by atoms with E-state index < -0.39 is 0 Å². The zero-order chi connectivity index (χ0) is 15.3. The number of hydrogen-bond donors (Lipinski definition) is 2. The molecule has 1 fully saturated rings. The topological polar surface area (TPSA) is 56.5 Å². The van der Waals surface area contributed by atoms with E-state index in [0.29, 0.717) is 6.61 Å². The molecule has 1 aliphatic rings. The second kappa shape index (κ2) is 7.25. The van der Waals surface area contributed by atoms with Gasteiger partial charge >= 0.3 is 0 Å². The fourth-order valence-corrected chi connectivity index (χ4v) is 3.38. The van der Waals surface area contributed by atoms with Crippen LogP contribution in [-0.2, 0) is 4.74 Å². The monoisotopic (exact) mass is 292 g/mol. The van der Waals surface area contributed by atoms with E-state index in [2.05, 4.69) is 11.5 Å². The summed E-state index contributed by atoms with van der Waals surface area (Å²) < 4.78 is 12.1. The summed E-state index contributed by atoms with van der Waals surface area (Å²) >= 11 is 0. The van der Waals surface area contributed by atoms with Crippen molar-refractivity contribution in [3.8, 4) is 5.75 Å². The Bertz CT molecular complexity index is 442. The van der Waals surface area contributed by atoms with Gasteiger partial charge in [0.05, 0.1) is 17.7 Å². The van der Waals surface area contributed by atoms with Gasteiger partial charge in [0.15, 0.2) is 0 Å². The van der Waals surface area contributed by atoms with Gasteiger partial charge in [-0.1, -0.05) is 31.0 Å². The molecule has 0 spiro atoms. The van der Waals surface area contributed by atoms with E-state index in [4.69, 9.17) is 15.3 Å². The van der Waals surface area contributed by atoms with Crippen molar-refractivity contribution in [1.82, 2.24) is 5.43 Å². The van der Waals surface area contributed by atoms with Crippen molar-refractivity contribution in [1.29, 1.82) is 0 Å². The summed E-state index contributed by atoms with van der Waals surface area (Å²) in [6.07, 6.45) is 4.57. The minimum absolute atomic E-state index is 0.0464. The Kier molecular flexibility index (Phi) is 5.62. The molecule has 0 radical (unpaired) electrons. The third-order valence-electron chi connectivity index (χ3n) is 4.17. The summed E-state index contributed by atoms with van der Waals surface area (Å²) in [5, 5.41) is 0. The lowest BCUT2D eigenvalue weighted by Crippen LogP contribution is -2.47. The molecule has 1 atom stereocenters. The van der Waals surface area contributed by atoms with Gasteiger partial charge in [-0.25, -0.2) is 5.43 Å². The van der Waals surface area contributed by atoms with E-state index in [0.717, 1.165) is 24.2 Å². The van der Waals surface area contributed by atoms with Gasteiger partial charge in [0.2, 0.25) is 0 Å². The molecule has 21 heavy (non-hydrogen) atoms. The smallest absolute Gasteiger partial charge is 0.124 e. The standard InChI is InChI=1S/C17H28N2O2/c1-4-20-17(11-7-8-12-17)16(19-18)14-9-5-6-10-15(14)21-13(2)3/h5-6,9-10,13,16,19H,4,7-8,11-12,18H2,1-3H3. The maximum atomic E-state index is 6.16. The summed E-state index contributed by atoms with van der Waals surface area (Å²) in [5.41, 5.74) is 3.86. The molecule has 0 aliphatic heterocycles. The molecule has 1 saturated carbocycles. The Morgan fingerprint density at radius 2 is 1.90 bits per heavy atom. The number of para-hydroxylation sites is 1. The van der Waals surface area contributed by atoms with Gasteiger partial charge in [0, 0.05) is 12.2 Å². The summed E-state index contributed by atoms with van der Waals surface area (Å²) in [7, 11) is 0. The molecule has 0 heterocycles. The molecule has 3 N–H and O–H groups in total. The van der Waals surface area contributed by atoms with Crippen molar-refractivity contribution >= 4 is 0 Å². The minimum atomic E-state index is -0.222. The largest absolute Gasteiger partial charge is 0.491 e. The highest BCUT2D eigenvalue weighted by atomic mass is 16.5. The maximum Gasteiger partial charge on any atom is 0.124 e. The van der Waals surface area contributed by atoms with Crippen LogP contribution in [0.3, 0.4) is 0 Å². The maximum absolute atomic E-state index is 6.16. The molecular weight excluding hydrogens is 264 g/mol. The molecule has 0 aromatic heterocycles. The highest BCUT2D eigenvalue weighted by Crippen LogP contribution is 2.44. The average molecular weight is 292 g/mol. The molecule has 2 rings (SSSR count). The van der Waals surface area contributed by atoms with Crippen molar-refractivity contribution in [2.24, 2.45) is 5.84 Å². The average Bonchev–Trinajstić information content (AvgIpc) is 2.91. The summed E-state index contributed by atoms with van der Waals surface area (Å²) in [6.45, 7) is 6.82. The minimum Gasteiger partial charge on any atom is -0.491 e. The highest BCUT2D eigenvalue weighted by molar-refractivity contribution is 5.38. The second-order valence-corrected chi connectivity index (χ2v) is 6.01. The molecule has 0 saturated heterocycles. The molecule has 1 aromatic carbocycles. The number of hydrogen-bond acceptors (Lipinski definition) is 4. The van der Waals surface area contributed by atoms with E-state index in [-0.39, 0.29) is 17.7 Å². The Hall–Kier alpha value is -1.10. The molecule has 1 aromatic rings. The SMILES string of the molecule is CCOC1(C(NN)c2ccccc2OC(C)C)CCCC1. The Balaban J connectivity index is 2.36. The van der Waals surface area contributed by atoms with Crippen molar-refractivity contribution in [3.63, 3.8) is 0 Å². The Morgan fingerprint density at radius 3 is 2.48 bits per heavy atom. The lowest BCUT2D eigenvalue weighted by atomic mass is 9.86. The van der Waals surface area contributed by atoms with Gasteiger partial charge < -0.3 is 9.47 Å². The first-order chi connectivity index (χ1) is 10.1. The van der Waals surface area contributed by atoms with Gasteiger partial charge in [0.25, 0.3) is 0 Å². The van der Waals surface area contributed by atoms with Crippen LogP contribution < -0.4 is 16.0 Å². The number of rotatable bonds is 7. The fourth-order valence-electron chi connectivity index (χ4n) is 3.38. The summed E-state index contributed by atoms with van der Waals surface area (Å²) in [6, 6.07) is 8.07. The third-order valence-corrected chi connectivity index (χ3v) is 4.17. The zero-order valence-electron chi connectivity index (χ0n) is 13.4. The molecule has 4 heteroatoms. The van der Waals surface area contributed by atoms with Gasteiger partial charge in [-0.3, -0.25) is 5.84 Å². The predicted octanol–water partition coefficient (Wildman–Crippen LogP) is 3.33. The van der Waals surface area contributed by atoms with Crippen molar-refractivity contribution in [2.45, 2.75) is 64.2 Å². The first-order valence-corrected chi connectivity index (χ1v) is 7.98. The van der Waals surface area contributed by atoms with Crippen LogP contribution in [0.4, 0.5) is 0 Å². The Morgan fingerprint density at radius 1 is 1.24 bits per heavy atom. The highest BCUT2D eigenvalue weighted by Gasteiger charge is 2.43. The zero-order valence-corrected chi connectivity index (χ0v) is 13.4. The van der Waals surface area contributed by atoms with Gasteiger partial charge in [-0.2, -0.15) is 0 Å². The van der Waals surface area contributed by atoms with Crippen LogP contribution in [0.2, 0.25) is 0 Å². The molecule has 4 nitrogen and oxygen atoms in total. The van der Waals surface area contributed by atoms with E-state index >= 15 is 0 Å². The van der Waals surface area contributed by atoms with E-state index in [1.165, 1.54) is 12.8 Å². The number of nitrogens with one attached hydrogen (secondary N) is 1. The number of nitrogens with two attached hydrogens (primary N) is 1. The van der Waals surface area contributed by atoms with Crippen molar-refractivity contribution in [3.05, 3.63) is 29.8 Å². The third kappa shape index (κ3) is 3.57. The lowest BCUT2D eigenvalue weighted by molar-refractivity contribution is -0.0633. The molecular formula is C17H28N2O2. The van der Waals surface area contributed by atoms with Gasteiger partial charge in [0.1, 0.15) is 5.75 Å². The number of hydrazine groups is 1. The van der Waals surface area contributed by atoms with Crippen LogP contribution in [0.1, 0.15) is 58.1 Å². The predicted molar refractivity (Wildman–Crippen MR) is 85.1 cm³/mol. The summed E-state index contributed by atoms with van der Waals surface area (Å²) in [5.74, 6) is 6.80. The molecule has 0 amide bonds. The van der Waals surface area contributed by atoms with Crippen LogP contribution in [0.25, 0.3) is 0 Å². The first kappa shape index (κ1) is 16.3. The summed E-state index contributed by atoms with van der Waals surface area (Å²) in [4.78, 5) is 0. The second-order valence-electron chi connectivity index (χ2n) is 6.01. The van der Waals surface area contributed by atoms with Gasteiger partial charge in [-0.15, -0.1) is 0 Å². The molecule has 0 bridgehead atoms. The fraction of sp³-hybridized carbons (Fsp3) is 0.647. The van der Waals surface area contributed by atoms with E-state index in [1.807, 2.05) is 39.0 Å². The quantitative estimate of drug-likeness (QED) is 0.598. The molecule has 118 valence electrons. The van der Waals surface area contributed by atoms with E-state index in [1.54, 1.807) is 0 Å². The van der Waals surface area contributed by atoms with Crippen LogP contribution >= 0.6 is 0 Å².